The van der Waals surface area contributed by atoms with Crippen LogP contribution in [0.5, 0.6) is 0 Å². The van der Waals surface area contributed by atoms with Crippen molar-refractivity contribution in [3.63, 3.8) is 0 Å². The first-order valence-electron chi connectivity index (χ1n) is 5.62. The maximum absolute atomic E-state index is 6.10. The molecule has 1 aliphatic heterocycles. The summed E-state index contributed by atoms with van der Waals surface area (Å²) in [6.45, 7) is 2.63. The van der Waals surface area contributed by atoms with E-state index in [0.717, 1.165) is 31.9 Å². The summed E-state index contributed by atoms with van der Waals surface area (Å²) >= 11 is 11.9. The van der Waals surface area contributed by atoms with Crippen LogP contribution >= 0.6 is 23.2 Å². The number of hydrogen-bond donors (Lipinski definition) is 0. The highest BCUT2D eigenvalue weighted by atomic mass is 35.5. The molecule has 2 heterocycles. The van der Waals surface area contributed by atoms with E-state index in [2.05, 4.69) is 14.9 Å². The van der Waals surface area contributed by atoms with Crippen molar-refractivity contribution in [3.8, 4) is 0 Å². The molecule has 94 valence electrons. The smallest absolute Gasteiger partial charge is 0.224 e. The molecule has 0 spiro atoms. The molecule has 0 saturated carbocycles. The number of nitrogens with zero attached hydrogens (tertiary/aromatic N) is 3. The molecule has 6 heteroatoms. The van der Waals surface area contributed by atoms with E-state index in [9.17, 15) is 0 Å². The third-order valence-electron chi connectivity index (χ3n) is 2.92. The van der Waals surface area contributed by atoms with Crippen molar-refractivity contribution >= 4 is 29.0 Å². The van der Waals surface area contributed by atoms with Gasteiger partial charge < -0.3 is 9.64 Å². The maximum atomic E-state index is 6.10. The van der Waals surface area contributed by atoms with E-state index in [1.165, 1.54) is 6.42 Å². The minimum Gasteiger partial charge on any atom is -0.384 e. The van der Waals surface area contributed by atoms with E-state index in [4.69, 9.17) is 27.9 Å². The lowest BCUT2D eigenvalue weighted by Crippen LogP contribution is -2.37. The summed E-state index contributed by atoms with van der Waals surface area (Å²) in [5, 5.41) is 0.783. The van der Waals surface area contributed by atoms with Gasteiger partial charge in [0.1, 0.15) is 5.02 Å². The van der Waals surface area contributed by atoms with Gasteiger partial charge in [-0.1, -0.05) is 11.6 Å². The van der Waals surface area contributed by atoms with Gasteiger partial charge in [0, 0.05) is 20.2 Å². The zero-order chi connectivity index (χ0) is 12.3. The van der Waals surface area contributed by atoms with Crippen LogP contribution in [-0.2, 0) is 4.74 Å². The molecule has 1 aromatic heterocycles. The molecule has 4 nitrogen and oxygen atoms in total. The molecule has 17 heavy (non-hydrogen) atoms. The molecule has 1 aliphatic rings. The fourth-order valence-corrected chi connectivity index (χ4v) is 2.53. The first-order chi connectivity index (χ1) is 8.20. The van der Waals surface area contributed by atoms with Crippen molar-refractivity contribution < 1.29 is 4.74 Å². The Morgan fingerprint density at radius 1 is 1.53 bits per heavy atom. The lowest BCUT2D eigenvalue weighted by atomic mass is 9.99. The SMILES string of the molecule is COCC1CCCN(c2nc(Cl)ncc2Cl)C1. The first-order valence-corrected chi connectivity index (χ1v) is 6.38. The Balaban J connectivity index is 2.13. The molecule has 1 aromatic rings. The third kappa shape index (κ3) is 3.21. The summed E-state index contributed by atoms with van der Waals surface area (Å²) in [5.41, 5.74) is 0. The molecule has 0 aromatic carbocycles. The number of piperidine rings is 1. The number of aromatic nitrogens is 2. The molecule has 0 radical (unpaired) electrons. The first kappa shape index (κ1) is 12.9. The van der Waals surface area contributed by atoms with E-state index in [1.54, 1.807) is 13.3 Å². The minimum atomic E-state index is 0.235. The van der Waals surface area contributed by atoms with Crippen molar-refractivity contribution in [2.24, 2.45) is 5.92 Å². The van der Waals surface area contributed by atoms with Crippen LogP contribution in [0, 0.1) is 5.92 Å². The van der Waals surface area contributed by atoms with Gasteiger partial charge in [0.05, 0.1) is 12.8 Å². The van der Waals surface area contributed by atoms with Crippen LogP contribution in [0.1, 0.15) is 12.8 Å². The normalized spacial score (nSPS) is 20.6. The number of methoxy groups -OCH3 is 1. The van der Waals surface area contributed by atoms with Gasteiger partial charge in [0.15, 0.2) is 5.82 Å². The van der Waals surface area contributed by atoms with E-state index in [0.29, 0.717) is 10.9 Å². The van der Waals surface area contributed by atoms with Gasteiger partial charge in [-0.05, 0) is 30.4 Å². The van der Waals surface area contributed by atoms with Crippen LogP contribution in [0.4, 0.5) is 5.82 Å². The van der Waals surface area contributed by atoms with E-state index >= 15 is 0 Å². The van der Waals surface area contributed by atoms with Gasteiger partial charge >= 0.3 is 0 Å². The molecular formula is C11H15Cl2N3O. The van der Waals surface area contributed by atoms with Gasteiger partial charge in [-0.25, -0.2) is 4.98 Å². The van der Waals surface area contributed by atoms with Crippen LogP contribution in [0.3, 0.4) is 0 Å². The Kier molecular flexibility index (Phi) is 4.42. The second-order valence-corrected chi connectivity index (χ2v) is 4.97. The summed E-state index contributed by atoms with van der Waals surface area (Å²) in [4.78, 5) is 10.2. The molecule has 0 aliphatic carbocycles. The zero-order valence-corrected chi connectivity index (χ0v) is 11.2. The highest BCUT2D eigenvalue weighted by molar-refractivity contribution is 6.33. The molecule has 2 rings (SSSR count). The van der Waals surface area contributed by atoms with Crippen molar-refractivity contribution in [1.29, 1.82) is 0 Å². The van der Waals surface area contributed by atoms with E-state index in [1.807, 2.05) is 0 Å². The topological polar surface area (TPSA) is 38.2 Å². The predicted octanol–water partition coefficient (Wildman–Crippen LogP) is 2.65. The molecule has 1 atom stereocenters. The van der Waals surface area contributed by atoms with E-state index in [-0.39, 0.29) is 5.28 Å². The summed E-state index contributed by atoms with van der Waals surface area (Å²) in [6.07, 6.45) is 3.85. The molecule has 1 unspecified atom stereocenters. The third-order valence-corrected chi connectivity index (χ3v) is 3.37. The van der Waals surface area contributed by atoms with Crippen LogP contribution in [0.15, 0.2) is 6.20 Å². The van der Waals surface area contributed by atoms with Gasteiger partial charge in [0.2, 0.25) is 5.28 Å². The Labute approximate surface area is 111 Å². The van der Waals surface area contributed by atoms with Gasteiger partial charge in [-0.3, -0.25) is 0 Å². The fraction of sp³-hybridized carbons (Fsp3) is 0.636. The summed E-state index contributed by atoms with van der Waals surface area (Å²) < 4.78 is 5.20. The lowest BCUT2D eigenvalue weighted by molar-refractivity contribution is 0.143. The molecule has 0 bridgehead atoms. The van der Waals surface area contributed by atoms with Crippen LogP contribution in [0.25, 0.3) is 0 Å². The highest BCUT2D eigenvalue weighted by Crippen LogP contribution is 2.28. The van der Waals surface area contributed by atoms with Crippen LogP contribution in [0.2, 0.25) is 10.3 Å². The van der Waals surface area contributed by atoms with Crippen molar-refractivity contribution in [3.05, 3.63) is 16.5 Å². The van der Waals surface area contributed by atoms with Crippen molar-refractivity contribution in [2.45, 2.75) is 12.8 Å². The molecule has 1 fully saturated rings. The number of hydrogen-bond acceptors (Lipinski definition) is 4. The number of ether oxygens (including phenoxy) is 1. The van der Waals surface area contributed by atoms with Gasteiger partial charge in [0.25, 0.3) is 0 Å². The highest BCUT2D eigenvalue weighted by Gasteiger charge is 2.22. The largest absolute Gasteiger partial charge is 0.384 e. The Bertz CT molecular complexity index is 387. The molecule has 1 saturated heterocycles. The summed E-state index contributed by atoms with van der Waals surface area (Å²) in [6, 6.07) is 0. The Morgan fingerprint density at radius 3 is 3.12 bits per heavy atom. The fourth-order valence-electron chi connectivity index (χ4n) is 2.19. The van der Waals surface area contributed by atoms with Gasteiger partial charge in [-0.2, -0.15) is 4.98 Å². The minimum absolute atomic E-state index is 0.235. The van der Waals surface area contributed by atoms with Crippen molar-refractivity contribution in [1.82, 2.24) is 9.97 Å². The Hall–Kier alpha value is -0.580. The standard InChI is InChI=1S/C11H15Cl2N3O/c1-17-7-8-3-2-4-16(6-8)10-9(12)5-14-11(13)15-10/h5,8H,2-4,6-7H2,1H3. The quantitative estimate of drug-likeness (QED) is 0.795. The van der Waals surface area contributed by atoms with Crippen LogP contribution < -0.4 is 4.90 Å². The zero-order valence-electron chi connectivity index (χ0n) is 9.70. The number of anilines is 1. The lowest BCUT2D eigenvalue weighted by Gasteiger charge is -2.33. The average Bonchev–Trinajstić information content (AvgIpc) is 2.33. The van der Waals surface area contributed by atoms with Gasteiger partial charge in [-0.15, -0.1) is 0 Å². The summed E-state index contributed by atoms with van der Waals surface area (Å²) in [5.74, 6) is 1.26. The monoisotopic (exact) mass is 275 g/mol. The van der Waals surface area contributed by atoms with E-state index < -0.39 is 0 Å². The number of halogens is 2. The maximum Gasteiger partial charge on any atom is 0.224 e. The number of rotatable bonds is 3. The molecular weight excluding hydrogens is 261 g/mol. The second kappa shape index (κ2) is 5.85. The molecule has 0 amide bonds. The van der Waals surface area contributed by atoms with Crippen molar-refractivity contribution in [2.75, 3.05) is 31.7 Å². The average molecular weight is 276 g/mol. The predicted molar refractivity (Wildman–Crippen MR) is 68.9 cm³/mol. The summed E-state index contributed by atoms with van der Waals surface area (Å²) in [7, 11) is 1.73. The Morgan fingerprint density at radius 2 is 2.35 bits per heavy atom. The second-order valence-electron chi connectivity index (χ2n) is 4.22. The molecule has 0 N–H and O–H groups in total. The van der Waals surface area contributed by atoms with Crippen LogP contribution in [-0.4, -0.2) is 36.8 Å².